The second kappa shape index (κ2) is 8.88. The first-order chi connectivity index (χ1) is 13.8. The highest BCUT2D eigenvalue weighted by Gasteiger charge is 2.15. The Kier molecular flexibility index (Phi) is 5.86. The van der Waals surface area contributed by atoms with Gasteiger partial charge in [-0.1, -0.05) is 18.9 Å². The quantitative estimate of drug-likeness (QED) is 0.598. The van der Waals surface area contributed by atoms with Gasteiger partial charge in [0.15, 0.2) is 0 Å². The Bertz CT molecular complexity index is 907. The molecule has 0 saturated heterocycles. The molecule has 7 nitrogen and oxygen atoms in total. The van der Waals surface area contributed by atoms with Crippen LogP contribution < -0.4 is 10.6 Å². The summed E-state index contributed by atoms with van der Waals surface area (Å²) < 4.78 is 1.55. The molecule has 0 spiro atoms. The van der Waals surface area contributed by atoms with Crippen LogP contribution in [0.4, 0.5) is 16.2 Å². The molecule has 144 valence electrons. The van der Waals surface area contributed by atoms with E-state index in [9.17, 15) is 4.79 Å². The van der Waals surface area contributed by atoms with Gasteiger partial charge in [0.1, 0.15) is 6.33 Å². The average Bonchev–Trinajstić information content (AvgIpc) is 3.41. The third kappa shape index (κ3) is 4.89. The lowest BCUT2D eigenvalue weighted by atomic mass is 10.1. The van der Waals surface area contributed by atoms with Crippen LogP contribution in [-0.2, 0) is 0 Å². The van der Waals surface area contributed by atoms with E-state index >= 15 is 0 Å². The molecule has 3 aromatic rings. The third-order valence-corrected chi connectivity index (χ3v) is 6.02. The molecule has 1 fully saturated rings. The summed E-state index contributed by atoms with van der Waals surface area (Å²) >= 11 is 1.87. The molecule has 2 amide bonds. The topological polar surface area (TPSA) is 84.7 Å². The lowest BCUT2D eigenvalue weighted by molar-refractivity contribution is 0.262. The highest BCUT2D eigenvalue weighted by Crippen LogP contribution is 2.31. The molecule has 0 radical (unpaired) electrons. The minimum absolute atomic E-state index is 0.270. The number of hydrogen-bond acceptors (Lipinski definition) is 5. The van der Waals surface area contributed by atoms with E-state index in [1.807, 2.05) is 54.2 Å². The summed E-state index contributed by atoms with van der Waals surface area (Å²) in [7, 11) is 0. The fourth-order valence-corrected chi connectivity index (χ4v) is 4.47. The van der Waals surface area contributed by atoms with Crippen molar-refractivity contribution in [2.24, 2.45) is 5.92 Å². The van der Waals surface area contributed by atoms with Crippen molar-refractivity contribution < 1.29 is 4.79 Å². The van der Waals surface area contributed by atoms with Crippen molar-refractivity contribution in [2.75, 3.05) is 16.4 Å². The number of anilines is 2. The Hall–Kier alpha value is -2.87. The maximum atomic E-state index is 12.3. The first-order valence-electron chi connectivity index (χ1n) is 9.40. The van der Waals surface area contributed by atoms with Crippen LogP contribution >= 0.6 is 11.8 Å². The second-order valence-electron chi connectivity index (χ2n) is 6.87. The number of nitrogens with one attached hydrogen (secondary N) is 2. The molecule has 0 atom stereocenters. The number of aromatic nitrogens is 4. The Balaban J connectivity index is 1.31. The monoisotopic (exact) mass is 394 g/mol. The maximum absolute atomic E-state index is 12.3. The van der Waals surface area contributed by atoms with Crippen LogP contribution in [0.5, 0.6) is 0 Å². The van der Waals surface area contributed by atoms with E-state index < -0.39 is 0 Å². The Labute approximate surface area is 167 Å². The van der Waals surface area contributed by atoms with Crippen LogP contribution in [0.2, 0.25) is 0 Å². The van der Waals surface area contributed by atoms with Crippen LogP contribution in [0.3, 0.4) is 0 Å². The number of urea groups is 1. The van der Waals surface area contributed by atoms with Gasteiger partial charge < -0.3 is 10.6 Å². The molecule has 4 rings (SSSR count). The van der Waals surface area contributed by atoms with Gasteiger partial charge in [-0.2, -0.15) is 0 Å². The summed E-state index contributed by atoms with van der Waals surface area (Å²) in [6, 6.07) is 15.0. The van der Waals surface area contributed by atoms with E-state index in [1.165, 1.54) is 36.9 Å². The molecule has 1 aliphatic carbocycles. The van der Waals surface area contributed by atoms with Gasteiger partial charge in [0.05, 0.1) is 5.69 Å². The van der Waals surface area contributed by atoms with Crippen molar-refractivity contribution in [1.82, 2.24) is 20.2 Å². The van der Waals surface area contributed by atoms with Gasteiger partial charge >= 0.3 is 6.03 Å². The Morgan fingerprint density at radius 1 is 1.07 bits per heavy atom. The molecule has 2 aromatic carbocycles. The lowest BCUT2D eigenvalue weighted by Gasteiger charge is -2.11. The number of tetrazole rings is 1. The molecule has 0 aliphatic heterocycles. The van der Waals surface area contributed by atoms with Gasteiger partial charge in [-0.05, 0) is 71.7 Å². The van der Waals surface area contributed by atoms with E-state index in [4.69, 9.17) is 0 Å². The third-order valence-electron chi connectivity index (χ3n) is 4.79. The molecule has 0 unspecified atom stereocenters. The summed E-state index contributed by atoms with van der Waals surface area (Å²) in [5, 5.41) is 16.8. The standard InChI is InChI=1S/C20H22N6OS/c27-20(22-16-8-10-18(11-9-16)26-14-21-24-25-26)23-17-6-3-7-19(12-17)28-13-15-4-1-2-5-15/h3,6-12,14-15H,1-2,4-5,13H2,(H2,22,23,27). The molecule has 1 heterocycles. The van der Waals surface area contributed by atoms with E-state index in [2.05, 4.69) is 32.2 Å². The van der Waals surface area contributed by atoms with Crippen LogP contribution in [0, 0.1) is 5.92 Å². The van der Waals surface area contributed by atoms with Crippen molar-refractivity contribution in [2.45, 2.75) is 30.6 Å². The Morgan fingerprint density at radius 2 is 1.86 bits per heavy atom. The molecular weight excluding hydrogens is 372 g/mol. The van der Waals surface area contributed by atoms with E-state index in [0.29, 0.717) is 5.69 Å². The van der Waals surface area contributed by atoms with Gasteiger partial charge in [-0.25, -0.2) is 9.48 Å². The number of nitrogens with zero attached hydrogens (tertiary/aromatic N) is 4. The lowest BCUT2D eigenvalue weighted by Crippen LogP contribution is -2.19. The summed E-state index contributed by atoms with van der Waals surface area (Å²) in [4.78, 5) is 13.5. The summed E-state index contributed by atoms with van der Waals surface area (Å²) in [5.41, 5.74) is 2.31. The summed E-state index contributed by atoms with van der Waals surface area (Å²) in [5.74, 6) is 1.99. The number of hydrogen-bond donors (Lipinski definition) is 2. The van der Waals surface area contributed by atoms with E-state index in [0.717, 1.165) is 23.0 Å². The molecule has 2 N–H and O–H groups in total. The molecule has 1 aromatic heterocycles. The zero-order valence-electron chi connectivity index (χ0n) is 15.4. The number of amides is 2. The van der Waals surface area contributed by atoms with Gasteiger partial charge in [-0.3, -0.25) is 0 Å². The van der Waals surface area contributed by atoms with Crippen LogP contribution in [-0.4, -0.2) is 32.0 Å². The number of carbonyl (C=O) groups is 1. The molecule has 28 heavy (non-hydrogen) atoms. The zero-order valence-corrected chi connectivity index (χ0v) is 16.2. The number of rotatable bonds is 6. The largest absolute Gasteiger partial charge is 0.323 e. The summed E-state index contributed by atoms with van der Waals surface area (Å²) in [6.07, 6.45) is 6.94. The fourth-order valence-electron chi connectivity index (χ4n) is 3.33. The predicted molar refractivity (Wildman–Crippen MR) is 111 cm³/mol. The summed E-state index contributed by atoms with van der Waals surface area (Å²) in [6.45, 7) is 0. The van der Waals surface area contributed by atoms with Gasteiger partial charge in [0, 0.05) is 22.0 Å². The fraction of sp³-hybridized carbons (Fsp3) is 0.300. The van der Waals surface area contributed by atoms with Crippen molar-refractivity contribution in [3.05, 3.63) is 54.9 Å². The Morgan fingerprint density at radius 3 is 2.61 bits per heavy atom. The zero-order chi connectivity index (χ0) is 19.2. The van der Waals surface area contributed by atoms with Crippen molar-refractivity contribution in [3.63, 3.8) is 0 Å². The van der Waals surface area contributed by atoms with Crippen molar-refractivity contribution >= 4 is 29.2 Å². The van der Waals surface area contributed by atoms with Crippen molar-refractivity contribution in [1.29, 1.82) is 0 Å². The highest BCUT2D eigenvalue weighted by molar-refractivity contribution is 7.99. The minimum atomic E-state index is -0.270. The van der Waals surface area contributed by atoms with Gasteiger partial charge in [0.25, 0.3) is 0 Å². The van der Waals surface area contributed by atoms with E-state index in [1.54, 1.807) is 4.68 Å². The van der Waals surface area contributed by atoms with Crippen LogP contribution in [0.1, 0.15) is 25.7 Å². The number of thioether (sulfide) groups is 1. The smallest absolute Gasteiger partial charge is 0.308 e. The second-order valence-corrected chi connectivity index (χ2v) is 7.96. The highest BCUT2D eigenvalue weighted by atomic mass is 32.2. The first-order valence-corrected chi connectivity index (χ1v) is 10.4. The minimum Gasteiger partial charge on any atom is -0.308 e. The predicted octanol–water partition coefficient (Wildman–Crippen LogP) is 4.59. The average molecular weight is 395 g/mol. The normalized spacial score (nSPS) is 14.1. The molecular formula is C20H22N6OS. The van der Waals surface area contributed by atoms with E-state index in [-0.39, 0.29) is 6.03 Å². The van der Waals surface area contributed by atoms with Crippen molar-refractivity contribution in [3.8, 4) is 5.69 Å². The number of benzene rings is 2. The maximum Gasteiger partial charge on any atom is 0.323 e. The van der Waals surface area contributed by atoms with Gasteiger partial charge in [-0.15, -0.1) is 16.9 Å². The van der Waals surface area contributed by atoms with Gasteiger partial charge in [0.2, 0.25) is 0 Å². The number of carbonyl (C=O) groups excluding carboxylic acids is 1. The molecule has 1 aliphatic rings. The first kappa shape index (κ1) is 18.5. The van der Waals surface area contributed by atoms with Crippen LogP contribution in [0.15, 0.2) is 59.8 Å². The molecule has 8 heteroatoms. The molecule has 0 bridgehead atoms. The SMILES string of the molecule is O=C(Nc1ccc(-n2cnnn2)cc1)Nc1cccc(SCC2CCCC2)c1. The van der Waals surface area contributed by atoms with Crippen LogP contribution in [0.25, 0.3) is 5.69 Å². The molecule has 1 saturated carbocycles.